The second-order valence-electron chi connectivity index (χ2n) is 6.92. The van der Waals surface area contributed by atoms with Gasteiger partial charge in [-0.25, -0.2) is 9.18 Å². The van der Waals surface area contributed by atoms with Gasteiger partial charge in [-0.15, -0.1) is 0 Å². The summed E-state index contributed by atoms with van der Waals surface area (Å²) in [6.07, 6.45) is 1.50. The number of fused-ring (bicyclic) bond motifs is 1. The van der Waals surface area contributed by atoms with Gasteiger partial charge in [0.2, 0.25) is 0 Å². The van der Waals surface area contributed by atoms with Crippen LogP contribution in [0.4, 0.5) is 14.9 Å². The predicted molar refractivity (Wildman–Crippen MR) is 114 cm³/mol. The number of urea groups is 1. The molecule has 4 aromatic rings. The molecule has 0 unspecified atom stereocenters. The molecule has 8 heteroatoms. The number of pyridine rings is 1. The minimum atomic E-state index is -0.560. The maximum atomic E-state index is 14.0. The Morgan fingerprint density at radius 2 is 1.97 bits per heavy atom. The maximum absolute atomic E-state index is 14.0. The number of rotatable bonds is 6. The normalized spacial score (nSPS) is 10.8. The Balaban J connectivity index is 1.64. The molecule has 31 heavy (non-hydrogen) atoms. The number of carbonyl (C=O) groups is 1. The number of amides is 2. The fourth-order valence-electron chi connectivity index (χ4n) is 3.22. The SMILES string of the molecule is COc1ccc2cc(CN(Cc3ccco3)C(=O)Nc3ccccc3F)c(=O)[nH]c2c1. The highest BCUT2D eigenvalue weighted by molar-refractivity contribution is 5.89. The Hall–Kier alpha value is -4.07. The zero-order valence-corrected chi connectivity index (χ0v) is 16.7. The van der Waals surface area contributed by atoms with Crippen LogP contribution in [-0.2, 0) is 13.1 Å². The third kappa shape index (κ3) is 4.58. The number of halogens is 1. The van der Waals surface area contributed by atoms with Gasteiger partial charge in [0.05, 0.1) is 37.7 Å². The highest BCUT2D eigenvalue weighted by Crippen LogP contribution is 2.20. The van der Waals surface area contributed by atoms with E-state index in [2.05, 4.69) is 10.3 Å². The Morgan fingerprint density at radius 1 is 1.13 bits per heavy atom. The summed E-state index contributed by atoms with van der Waals surface area (Å²) in [5, 5.41) is 3.35. The van der Waals surface area contributed by atoms with Crippen molar-refractivity contribution in [1.29, 1.82) is 0 Å². The highest BCUT2D eigenvalue weighted by atomic mass is 19.1. The van der Waals surface area contributed by atoms with Crippen LogP contribution in [0, 0.1) is 5.82 Å². The van der Waals surface area contributed by atoms with Gasteiger partial charge >= 0.3 is 6.03 Å². The molecular formula is C23H20FN3O4. The first-order valence-corrected chi connectivity index (χ1v) is 9.56. The number of aromatic amines is 1. The lowest BCUT2D eigenvalue weighted by Gasteiger charge is -2.22. The van der Waals surface area contributed by atoms with Crippen LogP contribution in [0.1, 0.15) is 11.3 Å². The molecule has 0 fully saturated rings. The lowest BCUT2D eigenvalue weighted by Crippen LogP contribution is -2.35. The van der Waals surface area contributed by atoms with Crippen molar-refractivity contribution in [3.05, 3.63) is 94.4 Å². The molecule has 2 N–H and O–H groups in total. The van der Waals surface area contributed by atoms with Gasteiger partial charge in [-0.3, -0.25) is 4.79 Å². The number of hydrogen-bond acceptors (Lipinski definition) is 4. The Morgan fingerprint density at radius 3 is 2.71 bits per heavy atom. The lowest BCUT2D eigenvalue weighted by atomic mass is 10.1. The summed E-state index contributed by atoms with van der Waals surface area (Å²) in [7, 11) is 1.55. The summed E-state index contributed by atoms with van der Waals surface area (Å²) in [4.78, 5) is 29.8. The summed E-state index contributed by atoms with van der Waals surface area (Å²) < 4.78 is 24.5. The summed E-state index contributed by atoms with van der Waals surface area (Å²) >= 11 is 0. The van der Waals surface area contributed by atoms with Crippen molar-refractivity contribution in [1.82, 2.24) is 9.88 Å². The van der Waals surface area contributed by atoms with Gasteiger partial charge in [0.15, 0.2) is 0 Å². The van der Waals surface area contributed by atoms with E-state index in [1.54, 1.807) is 43.5 Å². The van der Waals surface area contributed by atoms with Crippen LogP contribution in [0.2, 0.25) is 0 Å². The molecule has 158 valence electrons. The minimum Gasteiger partial charge on any atom is -0.497 e. The number of hydrogen-bond donors (Lipinski definition) is 2. The van der Waals surface area contributed by atoms with Crippen molar-refractivity contribution in [2.45, 2.75) is 13.1 Å². The number of aromatic nitrogens is 1. The van der Waals surface area contributed by atoms with Gasteiger partial charge in [-0.1, -0.05) is 12.1 Å². The van der Waals surface area contributed by atoms with Gasteiger partial charge in [-0.2, -0.15) is 0 Å². The van der Waals surface area contributed by atoms with Gasteiger partial charge in [0.1, 0.15) is 17.3 Å². The van der Waals surface area contributed by atoms with Crippen molar-refractivity contribution in [2.75, 3.05) is 12.4 Å². The molecular weight excluding hydrogens is 401 g/mol. The standard InChI is InChI=1S/C23H20FN3O4/c1-30-17-9-8-15-11-16(22(28)25-21(15)12-17)13-27(14-18-5-4-10-31-18)23(29)26-20-7-3-2-6-19(20)24/h2-12H,13-14H2,1H3,(H,25,28)(H,26,29). The smallest absolute Gasteiger partial charge is 0.322 e. The lowest BCUT2D eigenvalue weighted by molar-refractivity contribution is 0.201. The van der Waals surface area contributed by atoms with E-state index in [4.69, 9.17) is 9.15 Å². The van der Waals surface area contributed by atoms with E-state index in [1.165, 1.54) is 29.4 Å². The monoisotopic (exact) mass is 421 g/mol. The second-order valence-corrected chi connectivity index (χ2v) is 6.92. The van der Waals surface area contributed by atoms with E-state index in [1.807, 2.05) is 6.07 Å². The fraction of sp³-hybridized carbons (Fsp3) is 0.130. The van der Waals surface area contributed by atoms with Crippen LogP contribution in [0.5, 0.6) is 5.75 Å². The largest absolute Gasteiger partial charge is 0.497 e. The van der Waals surface area contributed by atoms with E-state index in [9.17, 15) is 14.0 Å². The summed E-state index contributed by atoms with van der Waals surface area (Å²) in [5.41, 5.74) is 0.731. The molecule has 0 aliphatic carbocycles. The van der Waals surface area contributed by atoms with Crippen molar-refractivity contribution < 1.29 is 18.3 Å². The van der Waals surface area contributed by atoms with Crippen molar-refractivity contribution in [3.8, 4) is 5.75 Å². The first-order chi connectivity index (χ1) is 15.0. The van der Waals surface area contributed by atoms with E-state index >= 15 is 0 Å². The van der Waals surface area contributed by atoms with E-state index in [0.717, 1.165) is 5.39 Å². The van der Waals surface area contributed by atoms with E-state index < -0.39 is 11.8 Å². The van der Waals surface area contributed by atoms with Crippen LogP contribution >= 0.6 is 0 Å². The molecule has 0 bridgehead atoms. The average molecular weight is 421 g/mol. The molecule has 4 rings (SSSR count). The number of nitrogens with zero attached hydrogens (tertiary/aromatic N) is 1. The van der Waals surface area contributed by atoms with Crippen molar-refractivity contribution in [3.63, 3.8) is 0 Å². The number of ether oxygens (including phenoxy) is 1. The van der Waals surface area contributed by atoms with Crippen LogP contribution < -0.4 is 15.6 Å². The highest BCUT2D eigenvalue weighted by Gasteiger charge is 2.19. The first kappa shape index (κ1) is 20.2. The Kier molecular flexibility index (Phi) is 5.70. The van der Waals surface area contributed by atoms with E-state index in [0.29, 0.717) is 22.6 Å². The summed E-state index contributed by atoms with van der Waals surface area (Å²) in [6.45, 7) is 0.103. The van der Waals surface area contributed by atoms with Gasteiger partial charge in [0.25, 0.3) is 5.56 Å². The molecule has 0 saturated carbocycles. The number of H-pyrrole nitrogens is 1. The molecule has 0 aliphatic rings. The number of para-hydroxylation sites is 1. The van der Waals surface area contributed by atoms with Crippen LogP contribution in [-0.4, -0.2) is 23.0 Å². The summed E-state index contributed by atoms with van der Waals surface area (Å²) in [6, 6.07) is 15.8. The third-order valence-electron chi connectivity index (χ3n) is 4.82. The van der Waals surface area contributed by atoms with Gasteiger partial charge in [-0.05, 0) is 47.9 Å². The zero-order valence-electron chi connectivity index (χ0n) is 16.7. The number of carbonyl (C=O) groups excluding carboxylic acids is 1. The zero-order chi connectivity index (χ0) is 21.8. The number of furan rings is 1. The molecule has 0 atom stereocenters. The summed E-state index contributed by atoms with van der Waals surface area (Å²) in [5.74, 6) is 0.608. The minimum absolute atomic E-state index is 0.00170. The Bertz CT molecular complexity index is 1270. The van der Waals surface area contributed by atoms with Gasteiger partial charge in [0, 0.05) is 11.6 Å². The fourth-order valence-corrected chi connectivity index (χ4v) is 3.22. The number of benzene rings is 2. The van der Waals surface area contributed by atoms with E-state index in [-0.39, 0.29) is 24.3 Å². The molecule has 2 aromatic carbocycles. The first-order valence-electron chi connectivity index (χ1n) is 9.56. The van der Waals surface area contributed by atoms with Crippen LogP contribution in [0.3, 0.4) is 0 Å². The molecule has 2 aromatic heterocycles. The molecule has 0 saturated heterocycles. The molecule has 2 amide bonds. The predicted octanol–water partition coefficient (Wildman–Crippen LogP) is 4.50. The quantitative estimate of drug-likeness (QED) is 0.480. The average Bonchev–Trinajstić information content (AvgIpc) is 3.28. The number of anilines is 1. The molecule has 7 nitrogen and oxygen atoms in total. The maximum Gasteiger partial charge on any atom is 0.322 e. The van der Waals surface area contributed by atoms with Crippen molar-refractivity contribution in [2.24, 2.45) is 0 Å². The molecule has 0 radical (unpaired) electrons. The van der Waals surface area contributed by atoms with Gasteiger partial charge < -0.3 is 24.4 Å². The Labute approximate surface area is 177 Å². The molecule has 0 spiro atoms. The third-order valence-corrected chi connectivity index (χ3v) is 4.82. The van der Waals surface area contributed by atoms with Crippen LogP contribution in [0.25, 0.3) is 10.9 Å². The second kappa shape index (κ2) is 8.74. The molecule has 2 heterocycles. The molecule has 0 aliphatic heterocycles. The number of nitrogens with one attached hydrogen (secondary N) is 2. The number of methoxy groups -OCH3 is 1. The van der Waals surface area contributed by atoms with Crippen molar-refractivity contribution >= 4 is 22.6 Å². The topological polar surface area (TPSA) is 87.6 Å². The van der Waals surface area contributed by atoms with Crippen LogP contribution in [0.15, 0.2) is 76.1 Å².